The van der Waals surface area contributed by atoms with E-state index in [1.807, 2.05) is 0 Å². The largest absolute Gasteiger partial charge is 0.206 e. The third-order valence-electron chi connectivity index (χ3n) is 1.12. The highest BCUT2D eigenvalue weighted by atomic mass is 79.9. The van der Waals surface area contributed by atoms with Crippen molar-refractivity contribution in [3.8, 4) is 0 Å². The summed E-state index contributed by atoms with van der Waals surface area (Å²) >= 11 is 3.04. The maximum absolute atomic E-state index is 12.7. The number of hydrogen-bond donors (Lipinski definition) is 0. The summed E-state index contributed by atoms with van der Waals surface area (Å²) in [7, 11) is 0. The molecule has 0 fully saturated rings. The Labute approximate surface area is 67.5 Å². The van der Waals surface area contributed by atoms with Gasteiger partial charge in [0.25, 0.3) is 0 Å². The fraction of sp³-hybridized carbons (Fsp3) is 0. The molecular formula is C8H5BrF. The van der Waals surface area contributed by atoms with Crippen LogP contribution in [0.4, 0.5) is 4.39 Å². The molecule has 2 heteroatoms. The van der Waals surface area contributed by atoms with Crippen molar-refractivity contribution in [3.63, 3.8) is 0 Å². The van der Waals surface area contributed by atoms with Crippen molar-refractivity contribution in [3.05, 3.63) is 46.7 Å². The van der Waals surface area contributed by atoms with Crippen molar-refractivity contribution in [1.82, 2.24) is 0 Å². The van der Waals surface area contributed by atoms with E-state index < -0.39 is 0 Å². The highest BCUT2D eigenvalue weighted by Crippen LogP contribution is 2.15. The van der Waals surface area contributed by atoms with Crippen molar-refractivity contribution in [2.75, 3.05) is 0 Å². The number of rotatable bonds is 1. The lowest BCUT2D eigenvalue weighted by atomic mass is 10.2. The van der Waals surface area contributed by atoms with Gasteiger partial charge in [-0.25, -0.2) is 4.39 Å². The molecule has 10 heavy (non-hydrogen) atoms. The Bertz CT molecular complexity index is 255. The van der Waals surface area contributed by atoms with E-state index in [0.717, 1.165) is 0 Å². The van der Waals surface area contributed by atoms with Crippen LogP contribution in [0.2, 0.25) is 0 Å². The topological polar surface area (TPSA) is 0 Å². The van der Waals surface area contributed by atoms with Gasteiger partial charge in [0.1, 0.15) is 5.82 Å². The molecule has 1 radical (unpaired) electrons. The van der Waals surface area contributed by atoms with Gasteiger partial charge in [-0.05, 0) is 39.7 Å². The summed E-state index contributed by atoms with van der Waals surface area (Å²) in [6.45, 7) is 3.39. The Kier molecular flexibility index (Phi) is 2.22. The van der Waals surface area contributed by atoms with Gasteiger partial charge < -0.3 is 0 Å². The number of benzene rings is 1. The van der Waals surface area contributed by atoms with Crippen LogP contribution < -0.4 is 0 Å². The van der Waals surface area contributed by atoms with Crippen LogP contribution in [0.25, 0.3) is 0 Å². The van der Waals surface area contributed by atoms with Crippen LogP contribution in [0.5, 0.6) is 0 Å². The van der Waals surface area contributed by atoms with Crippen molar-refractivity contribution >= 4 is 15.9 Å². The maximum atomic E-state index is 12.7. The summed E-state index contributed by atoms with van der Waals surface area (Å²) in [5.74, 6) is -0.284. The van der Waals surface area contributed by atoms with E-state index in [9.17, 15) is 4.39 Å². The zero-order chi connectivity index (χ0) is 7.56. The first kappa shape index (κ1) is 7.48. The average Bonchev–Trinajstić information content (AvgIpc) is 1.95. The predicted octanol–water partition coefficient (Wildman–Crippen LogP) is 2.93. The molecule has 1 aromatic rings. The minimum absolute atomic E-state index is 0.284. The van der Waals surface area contributed by atoms with Gasteiger partial charge in [0.15, 0.2) is 0 Å². The van der Waals surface area contributed by atoms with E-state index in [0.29, 0.717) is 10.0 Å². The van der Waals surface area contributed by atoms with Crippen LogP contribution in [-0.2, 0) is 0 Å². The molecular weight excluding hydrogens is 195 g/mol. The molecule has 0 aliphatic carbocycles. The molecule has 0 heterocycles. The lowest BCUT2D eigenvalue weighted by Gasteiger charge is -1.93. The van der Waals surface area contributed by atoms with Gasteiger partial charge in [-0.1, -0.05) is 12.6 Å². The molecule has 0 spiro atoms. The van der Waals surface area contributed by atoms with Gasteiger partial charge in [-0.3, -0.25) is 0 Å². The van der Waals surface area contributed by atoms with E-state index in [4.69, 9.17) is 0 Å². The summed E-state index contributed by atoms with van der Waals surface area (Å²) in [4.78, 5) is 0. The third kappa shape index (κ3) is 1.45. The molecule has 0 aromatic heterocycles. The molecule has 1 aromatic carbocycles. The van der Waals surface area contributed by atoms with Gasteiger partial charge in [0, 0.05) is 0 Å². The molecule has 0 atom stereocenters. The van der Waals surface area contributed by atoms with Crippen molar-refractivity contribution in [1.29, 1.82) is 0 Å². The summed E-state index contributed by atoms with van der Waals surface area (Å²) in [6, 6.07) is 4.74. The summed E-state index contributed by atoms with van der Waals surface area (Å²) < 4.78 is 13.1. The third-order valence-corrected chi connectivity index (χ3v) is 1.77. The quantitative estimate of drug-likeness (QED) is 0.653. The van der Waals surface area contributed by atoms with Gasteiger partial charge >= 0.3 is 0 Å². The SMILES string of the molecule is C=[C]c1ccc(Br)c(F)c1. The van der Waals surface area contributed by atoms with E-state index in [1.165, 1.54) is 6.07 Å². The zero-order valence-electron chi connectivity index (χ0n) is 5.20. The van der Waals surface area contributed by atoms with Crippen LogP contribution >= 0.6 is 15.9 Å². The molecule has 0 N–H and O–H groups in total. The van der Waals surface area contributed by atoms with E-state index in [2.05, 4.69) is 28.6 Å². The Balaban J connectivity index is 3.16. The fourth-order valence-corrected chi connectivity index (χ4v) is 0.853. The highest BCUT2D eigenvalue weighted by molar-refractivity contribution is 9.10. The molecule has 0 unspecified atom stereocenters. The second-order valence-electron chi connectivity index (χ2n) is 1.81. The lowest BCUT2D eigenvalue weighted by Crippen LogP contribution is -1.78. The van der Waals surface area contributed by atoms with Gasteiger partial charge in [0.2, 0.25) is 0 Å². The normalized spacial score (nSPS) is 9.40. The van der Waals surface area contributed by atoms with Crippen LogP contribution in [0.1, 0.15) is 5.56 Å². The molecule has 51 valence electrons. The Morgan fingerprint density at radius 3 is 2.70 bits per heavy atom. The fourth-order valence-electron chi connectivity index (χ4n) is 0.606. The first-order chi connectivity index (χ1) is 4.74. The lowest BCUT2D eigenvalue weighted by molar-refractivity contribution is 0.620. The Morgan fingerprint density at radius 1 is 1.50 bits per heavy atom. The second kappa shape index (κ2) is 2.97. The van der Waals surface area contributed by atoms with Crippen molar-refractivity contribution in [2.24, 2.45) is 0 Å². The van der Waals surface area contributed by atoms with Gasteiger partial charge in [0.05, 0.1) is 4.47 Å². The molecule has 0 aliphatic heterocycles. The Hall–Kier alpha value is -0.630. The maximum Gasteiger partial charge on any atom is 0.137 e. The Morgan fingerprint density at radius 2 is 2.20 bits per heavy atom. The molecule has 0 aliphatic rings. The molecule has 0 nitrogen and oxygen atoms in total. The van der Waals surface area contributed by atoms with Crippen LogP contribution in [0.3, 0.4) is 0 Å². The first-order valence-corrected chi connectivity index (χ1v) is 3.51. The van der Waals surface area contributed by atoms with E-state index in [-0.39, 0.29) is 5.82 Å². The average molecular weight is 200 g/mol. The minimum atomic E-state index is -0.284. The van der Waals surface area contributed by atoms with Gasteiger partial charge in [-0.2, -0.15) is 0 Å². The number of hydrogen-bond acceptors (Lipinski definition) is 0. The minimum Gasteiger partial charge on any atom is -0.206 e. The summed E-state index contributed by atoms with van der Waals surface area (Å²) in [5, 5.41) is 0. The molecule has 0 amide bonds. The van der Waals surface area contributed by atoms with Crippen LogP contribution in [-0.4, -0.2) is 0 Å². The standard InChI is InChI=1S/C8H5BrF/c1-2-6-3-4-7(9)8(10)5-6/h3-5H,1H2. The molecule has 1 rings (SSSR count). The van der Waals surface area contributed by atoms with E-state index >= 15 is 0 Å². The summed E-state index contributed by atoms with van der Waals surface area (Å²) in [5.41, 5.74) is 0.667. The smallest absolute Gasteiger partial charge is 0.137 e. The summed E-state index contributed by atoms with van der Waals surface area (Å²) in [6.07, 6.45) is 2.58. The van der Waals surface area contributed by atoms with E-state index in [1.54, 1.807) is 12.1 Å². The first-order valence-electron chi connectivity index (χ1n) is 2.72. The zero-order valence-corrected chi connectivity index (χ0v) is 6.78. The van der Waals surface area contributed by atoms with Crippen molar-refractivity contribution in [2.45, 2.75) is 0 Å². The molecule has 0 saturated carbocycles. The second-order valence-corrected chi connectivity index (χ2v) is 2.66. The molecule has 0 bridgehead atoms. The van der Waals surface area contributed by atoms with Gasteiger partial charge in [-0.15, -0.1) is 0 Å². The molecule has 0 saturated heterocycles. The van der Waals surface area contributed by atoms with Crippen LogP contribution in [0.15, 0.2) is 29.3 Å². The monoisotopic (exact) mass is 199 g/mol. The van der Waals surface area contributed by atoms with Crippen molar-refractivity contribution < 1.29 is 4.39 Å². The highest BCUT2D eigenvalue weighted by Gasteiger charge is 1.96. The predicted molar refractivity (Wildman–Crippen MR) is 42.1 cm³/mol. The number of halogens is 2. The van der Waals surface area contributed by atoms with Crippen LogP contribution in [0, 0.1) is 11.9 Å².